The standard InChI is InChI=1S/C18H20N4O3/c23-17(12-6-7-19-14(9-12)11-4-5-11)22-8-2-1-3-15(22)16-13(18(24)25)10-20-21-16/h6-7,9-11,15H,1-5,8H2,(H,20,21)(H,24,25). The van der Waals surface area contributed by atoms with Gasteiger partial charge in [0.25, 0.3) is 5.91 Å². The van der Waals surface area contributed by atoms with Gasteiger partial charge in [0, 0.05) is 29.9 Å². The van der Waals surface area contributed by atoms with Crippen molar-refractivity contribution in [1.82, 2.24) is 20.1 Å². The summed E-state index contributed by atoms with van der Waals surface area (Å²) >= 11 is 0. The largest absolute Gasteiger partial charge is 0.478 e. The van der Waals surface area contributed by atoms with E-state index in [1.165, 1.54) is 6.20 Å². The molecule has 2 fully saturated rings. The van der Waals surface area contributed by atoms with E-state index in [4.69, 9.17) is 0 Å². The highest BCUT2D eigenvalue weighted by Gasteiger charge is 2.33. The number of carbonyl (C=O) groups is 2. The normalized spacial score (nSPS) is 20.5. The summed E-state index contributed by atoms with van der Waals surface area (Å²) in [6, 6.07) is 3.34. The van der Waals surface area contributed by atoms with Gasteiger partial charge in [-0.05, 0) is 44.2 Å². The average molecular weight is 340 g/mol. The molecule has 1 saturated carbocycles. The number of likely N-dealkylation sites (tertiary alicyclic amines) is 1. The quantitative estimate of drug-likeness (QED) is 0.891. The number of H-pyrrole nitrogens is 1. The third kappa shape index (κ3) is 3.01. The van der Waals surface area contributed by atoms with Crippen LogP contribution in [-0.4, -0.2) is 43.6 Å². The van der Waals surface area contributed by atoms with Crippen molar-refractivity contribution in [2.24, 2.45) is 0 Å². The maximum atomic E-state index is 13.1. The van der Waals surface area contributed by atoms with E-state index in [1.807, 2.05) is 6.07 Å². The molecule has 7 nitrogen and oxygen atoms in total. The summed E-state index contributed by atoms with van der Waals surface area (Å²) in [5.74, 6) is -0.613. The molecule has 3 heterocycles. The first-order valence-electron chi connectivity index (χ1n) is 8.68. The molecule has 25 heavy (non-hydrogen) atoms. The number of rotatable bonds is 4. The molecule has 130 valence electrons. The van der Waals surface area contributed by atoms with E-state index in [0.717, 1.165) is 37.8 Å². The van der Waals surface area contributed by atoms with Crippen molar-refractivity contribution in [3.63, 3.8) is 0 Å². The lowest BCUT2D eigenvalue weighted by molar-refractivity contribution is 0.0589. The Balaban J connectivity index is 1.64. The topological polar surface area (TPSA) is 99.2 Å². The predicted octanol–water partition coefficient (Wildman–Crippen LogP) is 2.75. The maximum Gasteiger partial charge on any atom is 0.339 e. The predicted molar refractivity (Wildman–Crippen MR) is 89.4 cm³/mol. The molecule has 0 aromatic carbocycles. The molecular formula is C18H20N4O3. The minimum Gasteiger partial charge on any atom is -0.478 e. The highest BCUT2D eigenvalue weighted by Crippen LogP contribution is 2.39. The van der Waals surface area contributed by atoms with Crippen molar-refractivity contribution in [3.05, 3.63) is 47.0 Å². The second-order valence-electron chi connectivity index (χ2n) is 6.76. The van der Waals surface area contributed by atoms with Crippen LogP contribution in [0.2, 0.25) is 0 Å². The summed E-state index contributed by atoms with van der Waals surface area (Å²) in [5, 5.41) is 16.0. The van der Waals surface area contributed by atoms with Crippen molar-refractivity contribution in [2.45, 2.75) is 44.1 Å². The second-order valence-corrected chi connectivity index (χ2v) is 6.76. The third-order valence-corrected chi connectivity index (χ3v) is 5.02. The van der Waals surface area contributed by atoms with E-state index in [1.54, 1.807) is 17.2 Å². The van der Waals surface area contributed by atoms with Crippen LogP contribution in [0.5, 0.6) is 0 Å². The lowest BCUT2D eigenvalue weighted by atomic mass is 9.96. The minimum absolute atomic E-state index is 0.0695. The first-order valence-corrected chi connectivity index (χ1v) is 8.68. The summed E-state index contributed by atoms with van der Waals surface area (Å²) in [6.45, 7) is 0.614. The van der Waals surface area contributed by atoms with E-state index >= 15 is 0 Å². The molecule has 2 aliphatic rings. The number of aromatic carboxylic acids is 1. The lowest BCUT2D eigenvalue weighted by Gasteiger charge is -2.35. The van der Waals surface area contributed by atoms with Gasteiger partial charge >= 0.3 is 5.97 Å². The molecule has 0 bridgehead atoms. The molecule has 1 aliphatic carbocycles. The number of hydrogen-bond acceptors (Lipinski definition) is 4. The van der Waals surface area contributed by atoms with E-state index in [2.05, 4.69) is 15.2 Å². The number of piperidine rings is 1. The summed E-state index contributed by atoms with van der Waals surface area (Å²) < 4.78 is 0. The van der Waals surface area contributed by atoms with Crippen molar-refractivity contribution >= 4 is 11.9 Å². The first-order chi connectivity index (χ1) is 12.1. The Morgan fingerprint density at radius 3 is 2.84 bits per heavy atom. The molecule has 2 N–H and O–H groups in total. The lowest BCUT2D eigenvalue weighted by Crippen LogP contribution is -2.39. The maximum absolute atomic E-state index is 13.1. The highest BCUT2D eigenvalue weighted by atomic mass is 16.4. The summed E-state index contributed by atoms with van der Waals surface area (Å²) in [4.78, 5) is 30.7. The third-order valence-electron chi connectivity index (χ3n) is 5.02. The number of carboxylic acid groups (broad SMARTS) is 1. The van der Waals surface area contributed by atoms with Gasteiger partial charge in [-0.3, -0.25) is 14.9 Å². The number of carbonyl (C=O) groups excluding carboxylic acids is 1. The SMILES string of the molecule is O=C(O)c1cn[nH]c1C1CCCCN1C(=O)c1ccnc(C2CC2)c1. The molecule has 2 aromatic heterocycles. The van der Waals surface area contributed by atoms with Crippen LogP contribution in [0, 0.1) is 0 Å². The molecule has 7 heteroatoms. The minimum atomic E-state index is -1.03. The molecule has 1 saturated heterocycles. The molecule has 0 spiro atoms. The fourth-order valence-corrected chi connectivity index (χ4v) is 3.54. The number of nitrogens with zero attached hydrogens (tertiary/aromatic N) is 3. The van der Waals surface area contributed by atoms with Gasteiger partial charge in [0.05, 0.1) is 17.9 Å². The number of aromatic amines is 1. The summed E-state index contributed by atoms with van der Waals surface area (Å²) in [7, 11) is 0. The molecule has 1 aliphatic heterocycles. The van der Waals surface area contributed by atoms with Gasteiger partial charge in [-0.2, -0.15) is 5.10 Å². The van der Waals surface area contributed by atoms with E-state index < -0.39 is 5.97 Å². The number of pyridine rings is 1. The second kappa shape index (κ2) is 6.31. The molecule has 4 rings (SSSR count). The zero-order chi connectivity index (χ0) is 17.4. The first kappa shape index (κ1) is 15.8. The summed E-state index contributed by atoms with van der Waals surface area (Å²) in [5.41, 5.74) is 2.25. The van der Waals surface area contributed by atoms with Gasteiger partial charge < -0.3 is 10.0 Å². The Hall–Kier alpha value is -2.70. The average Bonchev–Trinajstić information content (AvgIpc) is 3.37. The van der Waals surface area contributed by atoms with Crippen molar-refractivity contribution in [1.29, 1.82) is 0 Å². The van der Waals surface area contributed by atoms with Gasteiger partial charge in [-0.1, -0.05) is 0 Å². The van der Waals surface area contributed by atoms with Gasteiger partial charge in [0.15, 0.2) is 0 Å². The van der Waals surface area contributed by atoms with Crippen LogP contribution in [0.15, 0.2) is 24.5 Å². The number of nitrogens with one attached hydrogen (secondary N) is 1. The Morgan fingerprint density at radius 2 is 2.08 bits per heavy atom. The van der Waals surface area contributed by atoms with E-state index in [9.17, 15) is 14.7 Å². The van der Waals surface area contributed by atoms with Crippen LogP contribution in [0.3, 0.4) is 0 Å². The van der Waals surface area contributed by atoms with Gasteiger partial charge in [0.2, 0.25) is 0 Å². The molecular weight excluding hydrogens is 320 g/mol. The molecule has 1 amide bonds. The van der Waals surface area contributed by atoms with Gasteiger partial charge in [-0.25, -0.2) is 4.79 Å². The Labute approximate surface area is 145 Å². The Kier molecular flexibility index (Phi) is 3.99. The number of hydrogen-bond donors (Lipinski definition) is 2. The van der Waals surface area contributed by atoms with E-state index in [-0.39, 0.29) is 17.5 Å². The zero-order valence-corrected chi connectivity index (χ0v) is 13.8. The molecule has 1 atom stereocenters. The van der Waals surface area contributed by atoms with Crippen LogP contribution in [0.25, 0.3) is 0 Å². The van der Waals surface area contributed by atoms with Crippen LogP contribution in [0.1, 0.15) is 76.2 Å². The Morgan fingerprint density at radius 1 is 1.24 bits per heavy atom. The molecule has 0 radical (unpaired) electrons. The monoisotopic (exact) mass is 340 g/mol. The van der Waals surface area contributed by atoms with Crippen molar-refractivity contribution < 1.29 is 14.7 Å². The number of amides is 1. The number of aromatic nitrogens is 3. The van der Waals surface area contributed by atoms with Gasteiger partial charge in [-0.15, -0.1) is 0 Å². The number of carboxylic acids is 1. The van der Waals surface area contributed by atoms with Crippen LogP contribution in [-0.2, 0) is 0 Å². The van der Waals surface area contributed by atoms with Crippen molar-refractivity contribution in [2.75, 3.05) is 6.54 Å². The molecule has 1 unspecified atom stereocenters. The zero-order valence-electron chi connectivity index (χ0n) is 13.8. The fraction of sp³-hybridized carbons (Fsp3) is 0.444. The van der Waals surface area contributed by atoms with Crippen LogP contribution in [0.4, 0.5) is 0 Å². The fourth-order valence-electron chi connectivity index (χ4n) is 3.54. The highest BCUT2D eigenvalue weighted by molar-refractivity contribution is 5.95. The smallest absolute Gasteiger partial charge is 0.339 e. The summed E-state index contributed by atoms with van der Waals surface area (Å²) in [6.07, 6.45) is 7.87. The molecule has 2 aromatic rings. The van der Waals surface area contributed by atoms with Gasteiger partial charge in [0.1, 0.15) is 5.56 Å². The van der Waals surface area contributed by atoms with E-state index in [0.29, 0.717) is 23.7 Å². The van der Waals surface area contributed by atoms with Crippen LogP contribution < -0.4 is 0 Å². The Bertz CT molecular complexity index is 812. The van der Waals surface area contributed by atoms with Crippen molar-refractivity contribution in [3.8, 4) is 0 Å². The van der Waals surface area contributed by atoms with Crippen LogP contribution >= 0.6 is 0 Å².